The molecular formula is C17H22Cl2N2O4. The Morgan fingerprint density at radius 1 is 1.36 bits per heavy atom. The molecule has 0 bridgehead atoms. The highest BCUT2D eigenvalue weighted by Gasteiger charge is 2.25. The third-order valence-corrected chi connectivity index (χ3v) is 4.14. The van der Waals surface area contributed by atoms with Gasteiger partial charge in [-0.05, 0) is 30.7 Å². The maximum absolute atomic E-state index is 12.3. The lowest BCUT2D eigenvalue weighted by Gasteiger charge is -2.24. The highest BCUT2D eigenvalue weighted by atomic mass is 35.5. The minimum absolute atomic E-state index is 0.0581. The first-order valence-electron chi connectivity index (χ1n) is 8.20. The van der Waals surface area contributed by atoms with Crippen LogP contribution >= 0.6 is 23.2 Å². The van der Waals surface area contributed by atoms with E-state index in [1.807, 2.05) is 0 Å². The van der Waals surface area contributed by atoms with Crippen molar-refractivity contribution in [2.75, 3.05) is 26.4 Å². The fraction of sp³-hybridized carbons (Fsp3) is 0.529. The van der Waals surface area contributed by atoms with E-state index in [0.717, 1.165) is 5.56 Å². The van der Waals surface area contributed by atoms with Crippen molar-refractivity contribution in [3.63, 3.8) is 0 Å². The van der Waals surface area contributed by atoms with Gasteiger partial charge in [-0.25, -0.2) is 4.79 Å². The van der Waals surface area contributed by atoms with Gasteiger partial charge in [0.15, 0.2) is 0 Å². The Morgan fingerprint density at radius 3 is 2.68 bits per heavy atom. The monoisotopic (exact) mass is 388 g/mol. The van der Waals surface area contributed by atoms with Gasteiger partial charge in [0.25, 0.3) is 0 Å². The lowest BCUT2D eigenvalue weighted by molar-refractivity contribution is -0.147. The van der Waals surface area contributed by atoms with E-state index in [4.69, 9.17) is 32.7 Å². The molecule has 0 saturated carbocycles. The van der Waals surface area contributed by atoms with Crippen molar-refractivity contribution in [1.82, 2.24) is 10.6 Å². The molecule has 2 rings (SSSR count). The van der Waals surface area contributed by atoms with Gasteiger partial charge in [0.2, 0.25) is 5.91 Å². The van der Waals surface area contributed by atoms with Crippen LogP contribution in [0.3, 0.4) is 0 Å². The average Bonchev–Trinajstić information content (AvgIpc) is 2.54. The SMILES string of the molecule is CCOC(=O)C(Cc1cc(Cl)cc(Cl)c1)NC(=O)CC1COCCN1. The molecule has 138 valence electrons. The van der Waals surface area contributed by atoms with Crippen molar-refractivity contribution in [2.45, 2.75) is 31.8 Å². The fourth-order valence-corrected chi connectivity index (χ4v) is 3.20. The van der Waals surface area contributed by atoms with Crippen LogP contribution in [-0.2, 0) is 25.5 Å². The van der Waals surface area contributed by atoms with Crippen LogP contribution in [-0.4, -0.2) is 50.3 Å². The van der Waals surface area contributed by atoms with Gasteiger partial charge in [0, 0.05) is 35.5 Å². The van der Waals surface area contributed by atoms with E-state index in [1.54, 1.807) is 25.1 Å². The maximum atomic E-state index is 12.3. The number of ether oxygens (including phenoxy) is 2. The Kier molecular flexibility index (Phi) is 7.96. The van der Waals surface area contributed by atoms with E-state index in [2.05, 4.69) is 10.6 Å². The molecule has 2 N–H and O–H groups in total. The smallest absolute Gasteiger partial charge is 0.328 e. The Hall–Kier alpha value is -1.34. The zero-order valence-corrected chi connectivity index (χ0v) is 15.5. The molecule has 8 heteroatoms. The van der Waals surface area contributed by atoms with Crippen LogP contribution in [0.2, 0.25) is 10.0 Å². The van der Waals surface area contributed by atoms with E-state index in [0.29, 0.717) is 29.8 Å². The van der Waals surface area contributed by atoms with Crippen LogP contribution in [0.5, 0.6) is 0 Å². The van der Waals surface area contributed by atoms with E-state index >= 15 is 0 Å². The summed E-state index contributed by atoms with van der Waals surface area (Å²) in [5.41, 5.74) is 0.745. The Labute approximate surface area is 157 Å². The van der Waals surface area contributed by atoms with Crippen LogP contribution < -0.4 is 10.6 Å². The number of esters is 1. The number of carbonyl (C=O) groups is 2. The number of halogens is 2. The van der Waals surface area contributed by atoms with Gasteiger partial charge in [-0.3, -0.25) is 4.79 Å². The van der Waals surface area contributed by atoms with E-state index in [9.17, 15) is 9.59 Å². The molecule has 2 unspecified atom stereocenters. The average molecular weight is 389 g/mol. The van der Waals surface area contributed by atoms with Crippen LogP contribution in [0.25, 0.3) is 0 Å². The topological polar surface area (TPSA) is 76.7 Å². The first-order chi connectivity index (χ1) is 12.0. The predicted octanol–water partition coefficient (Wildman–Crippen LogP) is 1.96. The standard InChI is InChI=1S/C17H22Cl2N2O4/c1-2-25-17(23)15(7-11-5-12(18)8-13(19)6-11)21-16(22)9-14-10-24-4-3-20-14/h5-6,8,14-15,20H,2-4,7,9-10H2,1H3,(H,21,22). The predicted molar refractivity (Wildman–Crippen MR) is 96.0 cm³/mol. The summed E-state index contributed by atoms with van der Waals surface area (Å²) in [5.74, 6) is -0.728. The number of benzene rings is 1. The van der Waals surface area contributed by atoms with Gasteiger partial charge in [-0.2, -0.15) is 0 Å². The van der Waals surface area contributed by atoms with Crippen molar-refractivity contribution < 1.29 is 19.1 Å². The summed E-state index contributed by atoms with van der Waals surface area (Å²) < 4.78 is 10.4. The van der Waals surface area contributed by atoms with Crippen LogP contribution in [0, 0.1) is 0 Å². The van der Waals surface area contributed by atoms with Gasteiger partial charge >= 0.3 is 5.97 Å². The first kappa shape index (κ1) is 20.0. The summed E-state index contributed by atoms with van der Waals surface area (Å²) in [6.45, 7) is 3.77. The molecule has 0 aromatic heterocycles. The number of carbonyl (C=O) groups excluding carboxylic acids is 2. The minimum atomic E-state index is -0.800. The maximum Gasteiger partial charge on any atom is 0.328 e. The van der Waals surface area contributed by atoms with E-state index in [1.165, 1.54) is 0 Å². The lowest BCUT2D eigenvalue weighted by Crippen LogP contribution is -2.48. The molecule has 1 amide bonds. The largest absolute Gasteiger partial charge is 0.464 e. The first-order valence-corrected chi connectivity index (χ1v) is 8.95. The second-order valence-electron chi connectivity index (χ2n) is 5.78. The molecule has 1 saturated heterocycles. The quantitative estimate of drug-likeness (QED) is 0.698. The van der Waals surface area contributed by atoms with Gasteiger partial charge in [-0.15, -0.1) is 0 Å². The molecule has 6 nitrogen and oxygen atoms in total. The highest BCUT2D eigenvalue weighted by Crippen LogP contribution is 2.20. The second kappa shape index (κ2) is 9.97. The Bertz CT molecular complexity index is 586. The summed E-state index contributed by atoms with van der Waals surface area (Å²) in [4.78, 5) is 24.5. The molecule has 0 aliphatic carbocycles. The Balaban J connectivity index is 2.01. The van der Waals surface area contributed by atoms with Crippen LogP contribution in [0.15, 0.2) is 18.2 Å². The summed E-state index contributed by atoms with van der Waals surface area (Å²) >= 11 is 12.0. The van der Waals surface area contributed by atoms with Crippen molar-refractivity contribution in [3.8, 4) is 0 Å². The zero-order chi connectivity index (χ0) is 18.2. The molecule has 2 atom stereocenters. The third-order valence-electron chi connectivity index (χ3n) is 3.70. The number of nitrogens with one attached hydrogen (secondary N) is 2. The third kappa shape index (κ3) is 6.82. The molecule has 0 radical (unpaired) electrons. The van der Waals surface area contributed by atoms with Crippen molar-refractivity contribution in [3.05, 3.63) is 33.8 Å². The summed E-state index contributed by atoms with van der Waals surface area (Å²) in [6.07, 6.45) is 0.478. The Morgan fingerprint density at radius 2 is 2.08 bits per heavy atom. The van der Waals surface area contributed by atoms with Gasteiger partial charge in [-0.1, -0.05) is 23.2 Å². The fourth-order valence-electron chi connectivity index (χ4n) is 2.63. The van der Waals surface area contributed by atoms with E-state index in [-0.39, 0.29) is 31.4 Å². The number of morpholine rings is 1. The molecule has 1 aliphatic rings. The molecule has 1 heterocycles. The number of hydrogen-bond donors (Lipinski definition) is 2. The van der Waals surface area contributed by atoms with Gasteiger partial charge < -0.3 is 20.1 Å². The van der Waals surface area contributed by atoms with Crippen molar-refractivity contribution >= 4 is 35.1 Å². The number of rotatable bonds is 7. The molecule has 0 spiro atoms. The highest BCUT2D eigenvalue weighted by molar-refractivity contribution is 6.34. The molecule has 1 aliphatic heterocycles. The number of hydrogen-bond acceptors (Lipinski definition) is 5. The summed E-state index contributed by atoms with van der Waals surface area (Å²) in [6, 6.07) is 4.17. The normalized spacial score (nSPS) is 18.4. The van der Waals surface area contributed by atoms with Gasteiger partial charge in [0.05, 0.1) is 19.8 Å². The van der Waals surface area contributed by atoms with Crippen LogP contribution in [0.4, 0.5) is 0 Å². The van der Waals surface area contributed by atoms with Gasteiger partial charge in [0.1, 0.15) is 6.04 Å². The number of amides is 1. The van der Waals surface area contributed by atoms with Crippen molar-refractivity contribution in [2.24, 2.45) is 0 Å². The second-order valence-corrected chi connectivity index (χ2v) is 6.66. The summed E-state index contributed by atoms with van der Waals surface area (Å²) in [5, 5.41) is 6.89. The zero-order valence-electron chi connectivity index (χ0n) is 14.0. The minimum Gasteiger partial charge on any atom is -0.464 e. The molecule has 1 aromatic carbocycles. The molecule has 1 fully saturated rings. The van der Waals surface area contributed by atoms with Crippen LogP contribution in [0.1, 0.15) is 18.9 Å². The summed E-state index contributed by atoms with van der Waals surface area (Å²) in [7, 11) is 0. The lowest BCUT2D eigenvalue weighted by atomic mass is 10.1. The molecule has 1 aromatic rings. The van der Waals surface area contributed by atoms with E-state index < -0.39 is 12.0 Å². The van der Waals surface area contributed by atoms with Crippen molar-refractivity contribution in [1.29, 1.82) is 0 Å². The molecule has 25 heavy (non-hydrogen) atoms. The molecular weight excluding hydrogens is 367 g/mol.